The highest BCUT2D eigenvalue weighted by Crippen LogP contribution is 2.27. The normalized spacial score (nSPS) is 10.6. The lowest BCUT2D eigenvalue weighted by Crippen LogP contribution is -1.97. The van der Waals surface area contributed by atoms with E-state index in [0.29, 0.717) is 0 Å². The van der Waals surface area contributed by atoms with Crippen molar-refractivity contribution in [2.45, 2.75) is 0 Å². The van der Waals surface area contributed by atoms with E-state index in [-0.39, 0.29) is 10.8 Å². The highest BCUT2D eigenvalue weighted by molar-refractivity contribution is 6.30. The number of benzene rings is 2. The van der Waals surface area contributed by atoms with Crippen molar-refractivity contribution < 1.29 is 4.39 Å². The predicted molar refractivity (Wildman–Crippen MR) is 76.4 cm³/mol. The SMILES string of the molecule is Fc1cc(Cl)cnc1Nc1cccc2ccccc12. The molecule has 0 fully saturated rings. The number of anilines is 2. The minimum Gasteiger partial charge on any atom is -0.337 e. The van der Waals surface area contributed by atoms with Crippen LogP contribution in [0, 0.1) is 5.82 Å². The number of hydrogen-bond acceptors (Lipinski definition) is 2. The molecular formula is C15H10ClFN2. The summed E-state index contributed by atoms with van der Waals surface area (Å²) in [5.74, 6) is -0.304. The average Bonchev–Trinajstić information content (AvgIpc) is 2.42. The van der Waals surface area contributed by atoms with Crippen LogP contribution >= 0.6 is 11.6 Å². The third-order valence-electron chi connectivity index (χ3n) is 2.85. The molecule has 2 aromatic carbocycles. The maximum absolute atomic E-state index is 13.7. The number of aromatic nitrogens is 1. The Balaban J connectivity index is 2.06. The van der Waals surface area contributed by atoms with Crippen LogP contribution in [0.15, 0.2) is 54.7 Å². The lowest BCUT2D eigenvalue weighted by atomic mass is 10.1. The van der Waals surface area contributed by atoms with Gasteiger partial charge in [0.1, 0.15) is 0 Å². The predicted octanol–water partition coefficient (Wildman–Crippen LogP) is 4.77. The van der Waals surface area contributed by atoms with Gasteiger partial charge in [-0.1, -0.05) is 48.0 Å². The maximum atomic E-state index is 13.7. The summed E-state index contributed by atoms with van der Waals surface area (Å²) < 4.78 is 13.7. The van der Waals surface area contributed by atoms with Crippen LogP contribution in [0.2, 0.25) is 5.02 Å². The lowest BCUT2D eigenvalue weighted by molar-refractivity contribution is 0.626. The Labute approximate surface area is 114 Å². The summed E-state index contributed by atoms with van der Waals surface area (Å²) in [6.07, 6.45) is 1.41. The van der Waals surface area contributed by atoms with Gasteiger partial charge in [0, 0.05) is 17.3 Å². The fraction of sp³-hybridized carbons (Fsp3) is 0. The van der Waals surface area contributed by atoms with E-state index in [1.807, 2.05) is 42.5 Å². The molecule has 3 aromatic rings. The molecule has 4 heteroatoms. The summed E-state index contributed by atoms with van der Waals surface area (Å²) in [6.45, 7) is 0. The Morgan fingerprint density at radius 3 is 2.68 bits per heavy atom. The van der Waals surface area contributed by atoms with E-state index in [9.17, 15) is 4.39 Å². The molecule has 0 saturated carbocycles. The molecule has 0 aliphatic rings. The van der Waals surface area contributed by atoms with Crippen LogP contribution in [0.4, 0.5) is 15.9 Å². The van der Waals surface area contributed by atoms with Crippen molar-refractivity contribution in [1.82, 2.24) is 4.98 Å². The van der Waals surface area contributed by atoms with Crippen molar-refractivity contribution in [2.24, 2.45) is 0 Å². The second-order valence-corrected chi connectivity index (χ2v) is 4.57. The van der Waals surface area contributed by atoms with Crippen LogP contribution in [0.3, 0.4) is 0 Å². The van der Waals surface area contributed by atoms with Crippen molar-refractivity contribution in [3.05, 3.63) is 65.6 Å². The quantitative estimate of drug-likeness (QED) is 0.727. The number of nitrogens with one attached hydrogen (secondary N) is 1. The van der Waals surface area contributed by atoms with Crippen LogP contribution in [0.5, 0.6) is 0 Å². The van der Waals surface area contributed by atoms with Crippen molar-refractivity contribution in [2.75, 3.05) is 5.32 Å². The van der Waals surface area contributed by atoms with Gasteiger partial charge in [0.05, 0.1) is 5.02 Å². The van der Waals surface area contributed by atoms with Gasteiger partial charge in [0.15, 0.2) is 11.6 Å². The Kier molecular flexibility index (Phi) is 3.05. The highest BCUT2D eigenvalue weighted by atomic mass is 35.5. The van der Waals surface area contributed by atoms with Gasteiger partial charge in [-0.05, 0) is 17.5 Å². The third-order valence-corrected chi connectivity index (χ3v) is 3.06. The van der Waals surface area contributed by atoms with Crippen molar-refractivity contribution in [3.63, 3.8) is 0 Å². The molecule has 0 saturated heterocycles. The molecule has 0 spiro atoms. The fourth-order valence-electron chi connectivity index (χ4n) is 1.97. The summed E-state index contributed by atoms with van der Waals surface area (Å²) in [6, 6.07) is 14.9. The molecule has 0 unspecified atom stereocenters. The molecule has 0 aliphatic heterocycles. The Morgan fingerprint density at radius 1 is 1.05 bits per heavy atom. The second kappa shape index (κ2) is 4.86. The van der Waals surface area contributed by atoms with Crippen LogP contribution < -0.4 is 5.32 Å². The highest BCUT2D eigenvalue weighted by Gasteiger charge is 2.06. The summed E-state index contributed by atoms with van der Waals surface area (Å²) in [4.78, 5) is 3.96. The summed E-state index contributed by atoms with van der Waals surface area (Å²) >= 11 is 5.68. The van der Waals surface area contributed by atoms with E-state index in [4.69, 9.17) is 11.6 Å². The summed E-state index contributed by atoms with van der Waals surface area (Å²) in [7, 11) is 0. The molecule has 0 aliphatic carbocycles. The number of halogens is 2. The number of rotatable bonds is 2. The van der Waals surface area contributed by atoms with E-state index in [1.54, 1.807) is 0 Å². The van der Waals surface area contributed by atoms with E-state index in [1.165, 1.54) is 12.3 Å². The first-order valence-electron chi connectivity index (χ1n) is 5.80. The molecule has 1 heterocycles. The molecule has 19 heavy (non-hydrogen) atoms. The smallest absolute Gasteiger partial charge is 0.167 e. The Bertz CT molecular complexity index is 738. The largest absolute Gasteiger partial charge is 0.337 e. The Hall–Kier alpha value is -2.13. The molecule has 0 atom stereocenters. The molecule has 0 bridgehead atoms. The number of fused-ring (bicyclic) bond motifs is 1. The summed E-state index contributed by atoms with van der Waals surface area (Å²) in [5.41, 5.74) is 0.812. The second-order valence-electron chi connectivity index (χ2n) is 4.14. The first-order chi connectivity index (χ1) is 9.24. The molecule has 1 N–H and O–H groups in total. The van der Waals surface area contributed by atoms with Crippen molar-refractivity contribution >= 4 is 33.9 Å². The molecule has 2 nitrogen and oxygen atoms in total. The van der Waals surface area contributed by atoms with E-state index >= 15 is 0 Å². The van der Waals surface area contributed by atoms with E-state index < -0.39 is 5.82 Å². The zero-order valence-corrected chi connectivity index (χ0v) is 10.7. The van der Waals surface area contributed by atoms with E-state index in [0.717, 1.165) is 16.5 Å². The van der Waals surface area contributed by atoms with Gasteiger partial charge in [-0.15, -0.1) is 0 Å². The van der Waals surface area contributed by atoms with Crippen LogP contribution in [0.1, 0.15) is 0 Å². The van der Waals surface area contributed by atoms with Gasteiger partial charge in [-0.3, -0.25) is 0 Å². The van der Waals surface area contributed by atoms with Crippen LogP contribution in [0.25, 0.3) is 10.8 Å². The molecule has 0 amide bonds. The van der Waals surface area contributed by atoms with Crippen LogP contribution in [-0.4, -0.2) is 4.98 Å². The monoisotopic (exact) mass is 272 g/mol. The minimum atomic E-state index is -0.472. The first-order valence-corrected chi connectivity index (χ1v) is 6.18. The summed E-state index contributed by atoms with van der Waals surface area (Å²) in [5, 5.41) is 5.38. The Morgan fingerprint density at radius 2 is 1.84 bits per heavy atom. The minimum absolute atomic E-state index is 0.167. The van der Waals surface area contributed by atoms with Crippen molar-refractivity contribution in [3.8, 4) is 0 Å². The van der Waals surface area contributed by atoms with Crippen molar-refractivity contribution in [1.29, 1.82) is 0 Å². The fourth-order valence-corrected chi connectivity index (χ4v) is 2.11. The zero-order valence-electron chi connectivity index (χ0n) is 9.90. The lowest BCUT2D eigenvalue weighted by Gasteiger charge is -2.09. The van der Waals surface area contributed by atoms with Gasteiger partial charge >= 0.3 is 0 Å². The van der Waals surface area contributed by atoms with Crippen LogP contribution in [-0.2, 0) is 0 Å². The average molecular weight is 273 g/mol. The molecule has 3 rings (SSSR count). The number of pyridine rings is 1. The molecular weight excluding hydrogens is 263 g/mol. The number of hydrogen-bond donors (Lipinski definition) is 1. The molecule has 1 aromatic heterocycles. The van der Waals surface area contributed by atoms with Gasteiger partial charge in [0.2, 0.25) is 0 Å². The van der Waals surface area contributed by atoms with Gasteiger partial charge in [-0.25, -0.2) is 9.37 Å². The van der Waals surface area contributed by atoms with Gasteiger partial charge < -0.3 is 5.32 Å². The van der Waals surface area contributed by atoms with E-state index in [2.05, 4.69) is 10.3 Å². The van der Waals surface area contributed by atoms with Gasteiger partial charge in [-0.2, -0.15) is 0 Å². The standard InChI is InChI=1S/C15H10ClFN2/c16-11-8-13(17)15(18-9-11)19-14-7-3-5-10-4-1-2-6-12(10)14/h1-9H,(H,18,19). The number of nitrogens with zero attached hydrogens (tertiary/aromatic N) is 1. The first kappa shape index (κ1) is 11.9. The maximum Gasteiger partial charge on any atom is 0.167 e. The van der Waals surface area contributed by atoms with Gasteiger partial charge in [0.25, 0.3) is 0 Å². The molecule has 94 valence electrons. The topological polar surface area (TPSA) is 24.9 Å². The third kappa shape index (κ3) is 2.37. The zero-order chi connectivity index (χ0) is 13.2. The molecule has 0 radical (unpaired) electrons.